The Bertz CT molecular complexity index is 651. The summed E-state index contributed by atoms with van der Waals surface area (Å²) >= 11 is 0. The molecule has 3 heteroatoms. The van der Waals surface area contributed by atoms with E-state index >= 15 is 0 Å². The molecule has 0 fully saturated rings. The van der Waals surface area contributed by atoms with Gasteiger partial charge in [-0.05, 0) is 44.2 Å². The molecule has 0 bridgehead atoms. The first-order valence-electron chi connectivity index (χ1n) is 7.03. The van der Waals surface area contributed by atoms with Crippen LogP contribution >= 0.6 is 0 Å². The second-order valence-corrected chi connectivity index (χ2v) is 4.84. The maximum Gasteiger partial charge on any atom is 0.150 e. The molecular weight excluding hydrogens is 248 g/mol. The Morgan fingerprint density at radius 2 is 1.40 bits per heavy atom. The number of nitrogens with zero attached hydrogens (tertiary/aromatic N) is 2. The molecule has 0 spiro atoms. The third-order valence-corrected chi connectivity index (χ3v) is 3.81. The number of carbonyl (C=O) groups excluding carboxylic acids is 1. The first-order valence-corrected chi connectivity index (χ1v) is 7.03. The molecule has 0 N–H and O–H groups in total. The van der Waals surface area contributed by atoms with E-state index in [0.717, 1.165) is 30.6 Å². The minimum absolute atomic E-state index is 0.720. The van der Waals surface area contributed by atoms with Gasteiger partial charge in [0.05, 0.1) is 22.7 Å². The van der Waals surface area contributed by atoms with Crippen LogP contribution in [0.1, 0.15) is 24.2 Å². The fourth-order valence-corrected chi connectivity index (χ4v) is 2.92. The second-order valence-electron chi connectivity index (χ2n) is 4.84. The summed E-state index contributed by atoms with van der Waals surface area (Å²) in [6.45, 7) is 6.07. The van der Waals surface area contributed by atoms with E-state index in [4.69, 9.17) is 0 Å². The summed E-state index contributed by atoms with van der Waals surface area (Å²) in [5.74, 6) is 0. The van der Waals surface area contributed by atoms with Gasteiger partial charge in [0.2, 0.25) is 0 Å². The minimum Gasteiger partial charge on any atom is -0.338 e. The van der Waals surface area contributed by atoms with E-state index in [1.165, 1.54) is 17.1 Å². The molecule has 0 atom stereocenters. The van der Waals surface area contributed by atoms with Crippen molar-refractivity contribution < 1.29 is 4.79 Å². The molecule has 0 radical (unpaired) electrons. The van der Waals surface area contributed by atoms with Crippen LogP contribution in [0.4, 0.5) is 22.7 Å². The number of para-hydroxylation sites is 2. The van der Waals surface area contributed by atoms with Gasteiger partial charge in [-0.25, -0.2) is 0 Å². The number of fused-ring (bicyclic) bond motifs is 2. The first kappa shape index (κ1) is 12.7. The molecule has 2 aromatic carbocycles. The molecule has 102 valence electrons. The van der Waals surface area contributed by atoms with Crippen molar-refractivity contribution in [3.8, 4) is 0 Å². The largest absolute Gasteiger partial charge is 0.338 e. The lowest BCUT2D eigenvalue weighted by Gasteiger charge is -2.39. The van der Waals surface area contributed by atoms with Gasteiger partial charge in [-0.1, -0.05) is 12.1 Å². The fraction of sp³-hybridized carbons (Fsp3) is 0.235. The maximum absolute atomic E-state index is 11.1. The summed E-state index contributed by atoms with van der Waals surface area (Å²) in [7, 11) is 0. The molecule has 3 rings (SSSR count). The standard InChI is InChI=1S/C17H18N2O/c1-3-18-14-7-5-6-8-15(14)19(4-2)17-11-13(12-20)9-10-16(17)18/h5-12H,3-4H2,1-2H3. The molecule has 0 aromatic heterocycles. The molecule has 1 aliphatic heterocycles. The van der Waals surface area contributed by atoms with Gasteiger partial charge < -0.3 is 9.80 Å². The highest BCUT2D eigenvalue weighted by Crippen LogP contribution is 2.47. The van der Waals surface area contributed by atoms with Crippen molar-refractivity contribution in [1.29, 1.82) is 0 Å². The SMILES string of the molecule is CCN1c2ccccc2N(CC)c2cc(C=O)ccc21. The van der Waals surface area contributed by atoms with Crippen LogP contribution < -0.4 is 9.80 Å². The van der Waals surface area contributed by atoms with Gasteiger partial charge >= 0.3 is 0 Å². The molecule has 0 amide bonds. The van der Waals surface area contributed by atoms with Gasteiger partial charge in [0, 0.05) is 18.7 Å². The number of anilines is 4. The number of carbonyl (C=O) groups is 1. The normalized spacial score (nSPS) is 12.9. The lowest BCUT2D eigenvalue weighted by molar-refractivity contribution is 0.112. The number of rotatable bonds is 3. The van der Waals surface area contributed by atoms with E-state index < -0.39 is 0 Å². The molecule has 0 aliphatic carbocycles. The Kier molecular flexibility index (Phi) is 3.18. The Balaban J connectivity index is 2.25. The summed E-state index contributed by atoms with van der Waals surface area (Å²) in [5, 5.41) is 0. The zero-order valence-electron chi connectivity index (χ0n) is 11.8. The predicted octanol–water partition coefficient (Wildman–Crippen LogP) is 4.13. The van der Waals surface area contributed by atoms with E-state index in [-0.39, 0.29) is 0 Å². The highest BCUT2D eigenvalue weighted by molar-refractivity contribution is 5.95. The lowest BCUT2D eigenvalue weighted by Crippen LogP contribution is -2.29. The maximum atomic E-state index is 11.1. The van der Waals surface area contributed by atoms with Gasteiger partial charge in [0.25, 0.3) is 0 Å². The van der Waals surface area contributed by atoms with Gasteiger partial charge in [0.15, 0.2) is 0 Å². The highest BCUT2D eigenvalue weighted by atomic mass is 16.1. The Labute approximate surface area is 119 Å². The van der Waals surface area contributed by atoms with Crippen molar-refractivity contribution in [2.24, 2.45) is 0 Å². The van der Waals surface area contributed by atoms with Gasteiger partial charge in [-0.15, -0.1) is 0 Å². The summed E-state index contributed by atoms with van der Waals surface area (Å²) in [6, 6.07) is 14.3. The van der Waals surface area contributed by atoms with E-state index in [1.807, 2.05) is 18.2 Å². The monoisotopic (exact) mass is 266 g/mol. The molecule has 20 heavy (non-hydrogen) atoms. The van der Waals surface area contributed by atoms with E-state index in [2.05, 4.69) is 47.9 Å². The number of hydrogen-bond donors (Lipinski definition) is 0. The van der Waals surface area contributed by atoms with Crippen LogP contribution in [0, 0.1) is 0 Å². The fourth-order valence-electron chi connectivity index (χ4n) is 2.92. The number of hydrogen-bond acceptors (Lipinski definition) is 3. The Morgan fingerprint density at radius 3 is 1.95 bits per heavy atom. The third kappa shape index (κ3) is 1.78. The molecule has 1 aliphatic rings. The van der Waals surface area contributed by atoms with Crippen LogP contribution in [0.3, 0.4) is 0 Å². The molecule has 2 aromatic rings. The van der Waals surface area contributed by atoms with Crippen LogP contribution in [0.2, 0.25) is 0 Å². The Hall–Kier alpha value is -2.29. The van der Waals surface area contributed by atoms with E-state index in [1.54, 1.807) is 0 Å². The van der Waals surface area contributed by atoms with Gasteiger partial charge in [-0.3, -0.25) is 4.79 Å². The number of benzene rings is 2. The molecule has 3 nitrogen and oxygen atoms in total. The molecule has 0 unspecified atom stereocenters. The summed E-state index contributed by atoms with van der Waals surface area (Å²) in [6.07, 6.45) is 0.908. The summed E-state index contributed by atoms with van der Waals surface area (Å²) < 4.78 is 0. The zero-order chi connectivity index (χ0) is 14.1. The summed E-state index contributed by atoms with van der Waals surface area (Å²) in [5.41, 5.74) is 5.42. The summed E-state index contributed by atoms with van der Waals surface area (Å²) in [4.78, 5) is 15.6. The first-order chi connectivity index (χ1) is 9.80. The van der Waals surface area contributed by atoms with Gasteiger partial charge in [0.1, 0.15) is 6.29 Å². The number of aldehydes is 1. The topological polar surface area (TPSA) is 23.6 Å². The second kappa shape index (κ2) is 5.00. The predicted molar refractivity (Wildman–Crippen MR) is 83.6 cm³/mol. The van der Waals surface area contributed by atoms with Crippen molar-refractivity contribution in [2.45, 2.75) is 13.8 Å². The minimum atomic E-state index is 0.720. The van der Waals surface area contributed by atoms with Crippen LogP contribution in [0.25, 0.3) is 0 Å². The van der Waals surface area contributed by atoms with Crippen molar-refractivity contribution in [3.05, 3.63) is 48.0 Å². The van der Waals surface area contributed by atoms with Crippen LogP contribution in [0.15, 0.2) is 42.5 Å². The average Bonchev–Trinajstić information content (AvgIpc) is 2.51. The Morgan fingerprint density at radius 1 is 0.850 bits per heavy atom. The van der Waals surface area contributed by atoms with Gasteiger partial charge in [-0.2, -0.15) is 0 Å². The van der Waals surface area contributed by atoms with E-state index in [9.17, 15) is 4.79 Å². The van der Waals surface area contributed by atoms with Crippen LogP contribution in [-0.4, -0.2) is 19.4 Å². The average molecular weight is 266 g/mol. The molecular formula is C17H18N2O. The molecule has 1 heterocycles. The van der Waals surface area contributed by atoms with Crippen molar-refractivity contribution in [2.75, 3.05) is 22.9 Å². The quantitative estimate of drug-likeness (QED) is 0.780. The smallest absolute Gasteiger partial charge is 0.150 e. The molecule has 0 saturated carbocycles. The van der Waals surface area contributed by atoms with Crippen LogP contribution in [-0.2, 0) is 0 Å². The highest BCUT2D eigenvalue weighted by Gasteiger charge is 2.26. The molecule has 0 saturated heterocycles. The van der Waals surface area contributed by atoms with Crippen LogP contribution in [0.5, 0.6) is 0 Å². The zero-order valence-corrected chi connectivity index (χ0v) is 11.8. The van der Waals surface area contributed by atoms with Crippen molar-refractivity contribution in [3.63, 3.8) is 0 Å². The lowest BCUT2D eigenvalue weighted by atomic mass is 10.1. The van der Waals surface area contributed by atoms with Crippen molar-refractivity contribution in [1.82, 2.24) is 0 Å². The van der Waals surface area contributed by atoms with E-state index in [0.29, 0.717) is 0 Å². The third-order valence-electron chi connectivity index (χ3n) is 3.81. The van der Waals surface area contributed by atoms with Crippen molar-refractivity contribution >= 4 is 29.0 Å².